The van der Waals surface area contributed by atoms with Gasteiger partial charge in [0.15, 0.2) is 17.1 Å². The summed E-state index contributed by atoms with van der Waals surface area (Å²) in [4.78, 5) is 37.9. The van der Waals surface area contributed by atoms with Gasteiger partial charge in [-0.3, -0.25) is 9.59 Å². The van der Waals surface area contributed by atoms with Gasteiger partial charge in [0.25, 0.3) is 0 Å². The maximum absolute atomic E-state index is 14.5. The first-order valence-electron chi connectivity index (χ1n) is 16.5. The minimum Gasteiger partial charge on any atom is -0.337 e. The van der Waals surface area contributed by atoms with E-state index in [-0.39, 0.29) is 42.8 Å². The van der Waals surface area contributed by atoms with E-state index in [1.807, 2.05) is 29.8 Å². The molecule has 1 amide bonds. The molecule has 0 N–H and O–H groups in total. The third-order valence-electron chi connectivity index (χ3n) is 8.84. The molecule has 6 aromatic rings. The number of halogens is 5. The van der Waals surface area contributed by atoms with Crippen LogP contribution >= 0.6 is 0 Å². The van der Waals surface area contributed by atoms with Crippen molar-refractivity contribution < 1.29 is 26.7 Å². The summed E-state index contributed by atoms with van der Waals surface area (Å²) in [7, 11) is 0. The lowest BCUT2D eigenvalue weighted by Gasteiger charge is -2.25. The summed E-state index contributed by atoms with van der Waals surface area (Å²) in [5.74, 6) is -2.19. The number of benzene rings is 3. The molecular formula is C39H34F5N5O2. The second-order valence-corrected chi connectivity index (χ2v) is 12.2. The van der Waals surface area contributed by atoms with Crippen molar-refractivity contribution in [1.29, 1.82) is 0 Å². The zero-order chi connectivity index (χ0) is 36.1. The largest absolute Gasteiger partial charge is 0.416 e. The Morgan fingerprint density at radius 1 is 0.863 bits per heavy atom. The van der Waals surface area contributed by atoms with Gasteiger partial charge in [-0.25, -0.2) is 18.7 Å². The molecule has 0 unspecified atom stereocenters. The highest BCUT2D eigenvalue weighted by molar-refractivity contribution is 5.80. The van der Waals surface area contributed by atoms with Gasteiger partial charge < -0.3 is 14.0 Å². The molecule has 262 valence electrons. The minimum atomic E-state index is -4.43. The monoisotopic (exact) mass is 699 g/mol. The number of alkyl halides is 3. The van der Waals surface area contributed by atoms with Gasteiger partial charge in [-0.15, -0.1) is 0 Å². The van der Waals surface area contributed by atoms with E-state index in [0.29, 0.717) is 35.3 Å². The van der Waals surface area contributed by atoms with Gasteiger partial charge in [-0.1, -0.05) is 48.5 Å². The van der Waals surface area contributed by atoms with Crippen molar-refractivity contribution >= 4 is 16.9 Å². The normalized spacial score (nSPS) is 11.6. The van der Waals surface area contributed by atoms with Crippen LogP contribution in [0.4, 0.5) is 22.0 Å². The molecule has 0 aliphatic heterocycles. The smallest absolute Gasteiger partial charge is 0.337 e. The summed E-state index contributed by atoms with van der Waals surface area (Å²) in [6, 6.07) is 20.8. The van der Waals surface area contributed by atoms with Crippen molar-refractivity contribution in [3.63, 3.8) is 0 Å². The fourth-order valence-electron chi connectivity index (χ4n) is 6.00. The summed E-state index contributed by atoms with van der Waals surface area (Å²) in [5.41, 5.74) is 2.82. The molecular weight excluding hydrogens is 665 g/mol. The van der Waals surface area contributed by atoms with Crippen LogP contribution in [0.15, 0.2) is 108 Å². The third-order valence-corrected chi connectivity index (χ3v) is 8.84. The Balaban J connectivity index is 1.28. The van der Waals surface area contributed by atoms with Crippen LogP contribution in [0.2, 0.25) is 0 Å². The number of fused-ring (bicyclic) bond motifs is 1. The van der Waals surface area contributed by atoms with Gasteiger partial charge in [0.2, 0.25) is 5.91 Å². The van der Waals surface area contributed by atoms with Crippen molar-refractivity contribution in [2.24, 2.45) is 0 Å². The fraction of sp³-hybridized carbons (Fsp3) is 0.231. The average molecular weight is 700 g/mol. The molecule has 12 heteroatoms. The second-order valence-electron chi connectivity index (χ2n) is 12.2. The SMILES string of the molecule is CCn1cnc(CCN(Cc2ccc(-c3ccc(C(F)(F)F)cc3)cc2)C(=O)Cn2c(CCc3cccc(F)c3F)cc(=O)c3cccnc32)c1. The Morgan fingerprint density at radius 3 is 2.27 bits per heavy atom. The van der Waals surface area contributed by atoms with Crippen molar-refractivity contribution in [2.75, 3.05) is 6.54 Å². The summed E-state index contributed by atoms with van der Waals surface area (Å²) < 4.78 is 71.2. The third kappa shape index (κ3) is 8.22. The molecule has 0 bridgehead atoms. The van der Waals surface area contributed by atoms with Gasteiger partial charge in [-0.2, -0.15) is 13.2 Å². The Hall–Kier alpha value is -5.65. The lowest BCUT2D eigenvalue weighted by atomic mass is 10.0. The molecule has 0 spiro atoms. The Labute approximate surface area is 290 Å². The molecule has 3 heterocycles. The van der Waals surface area contributed by atoms with Crippen LogP contribution in [0.3, 0.4) is 0 Å². The maximum Gasteiger partial charge on any atom is 0.416 e. The van der Waals surface area contributed by atoms with Gasteiger partial charge in [0.05, 0.1) is 23.0 Å². The number of hydrogen-bond donors (Lipinski definition) is 0. The number of amides is 1. The van der Waals surface area contributed by atoms with E-state index in [1.54, 1.807) is 40.1 Å². The van der Waals surface area contributed by atoms with Crippen molar-refractivity contribution in [3.05, 3.63) is 154 Å². The first-order chi connectivity index (χ1) is 24.5. The predicted octanol–water partition coefficient (Wildman–Crippen LogP) is 7.63. The molecule has 0 radical (unpaired) electrons. The van der Waals surface area contributed by atoms with Crippen molar-refractivity contribution in [3.8, 4) is 11.1 Å². The molecule has 0 atom stereocenters. The van der Waals surface area contributed by atoms with Crippen LogP contribution in [-0.4, -0.2) is 36.5 Å². The number of carbonyl (C=O) groups excluding carboxylic acids is 1. The molecule has 7 nitrogen and oxygen atoms in total. The fourth-order valence-corrected chi connectivity index (χ4v) is 6.00. The highest BCUT2D eigenvalue weighted by Crippen LogP contribution is 2.31. The Morgan fingerprint density at radius 2 is 1.59 bits per heavy atom. The van der Waals surface area contributed by atoms with Crippen LogP contribution in [0.1, 0.15) is 35.0 Å². The zero-order valence-electron chi connectivity index (χ0n) is 27.7. The number of rotatable bonds is 12. The molecule has 3 aromatic heterocycles. The van der Waals surface area contributed by atoms with Crippen LogP contribution in [0.25, 0.3) is 22.2 Å². The molecule has 0 aliphatic carbocycles. The Bertz CT molecular complexity index is 2210. The van der Waals surface area contributed by atoms with Crippen LogP contribution in [0.5, 0.6) is 0 Å². The van der Waals surface area contributed by atoms with Gasteiger partial charge in [-0.05, 0) is 72.4 Å². The summed E-state index contributed by atoms with van der Waals surface area (Å²) in [5, 5.41) is 0.321. The maximum atomic E-state index is 14.5. The summed E-state index contributed by atoms with van der Waals surface area (Å²) in [6.07, 6.45) is 1.46. The highest BCUT2D eigenvalue weighted by Gasteiger charge is 2.30. The summed E-state index contributed by atoms with van der Waals surface area (Å²) in [6.45, 7) is 3.10. The first kappa shape index (κ1) is 35.2. The number of aryl methyl sites for hydroxylation is 3. The highest BCUT2D eigenvalue weighted by atomic mass is 19.4. The van der Waals surface area contributed by atoms with Gasteiger partial charge in [0, 0.05) is 50.2 Å². The molecule has 0 saturated carbocycles. The molecule has 6 rings (SSSR count). The van der Waals surface area contributed by atoms with Crippen LogP contribution in [-0.2, 0) is 49.9 Å². The molecule has 0 aliphatic rings. The molecule has 3 aromatic carbocycles. The minimum absolute atomic E-state index is 0.0879. The van der Waals surface area contributed by atoms with E-state index in [2.05, 4.69) is 9.97 Å². The van der Waals surface area contributed by atoms with E-state index in [4.69, 9.17) is 0 Å². The topological polar surface area (TPSA) is 73.0 Å². The number of aromatic nitrogens is 4. The lowest BCUT2D eigenvalue weighted by molar-refractivity contribution is -0.137. The lowest BCUT2D eigenvalue weighted by Crippen LogP contribution is -2.36. The molecule has 0 saturated heterocycles. The van der Waals surface area contributed by atoms with Crippen molar-refractivity contribution in [1.82, 2.24) is 24.0 Å². The number of hydrogen-bond acceptors (Lipinski definition) is 4. The summed E-state index contributed by atoms with van der Waals surface area (Å²) >= 11 is 0. The van der Waals surface area contributed by atoms with Gasteiger partial charge in [0.1, 0.15) is 12.2 Å². The van der Waals surface area contributed by atoms with E-state index in [9.17, 15) is 31.5 Å². The van der Waals surface area contributed by atoms with E-state index < -0.39 is 23.4 Å². The Kier molecular flexibility index (Phi) is 10.4. The number of pyridine rings is 2. The average Bonchev–Trinajstić information content (AvgIpc) is 3.60. The van der Waals surface area contributed by atoms with Crippen molar-refractivity contribution in [2.45, 2.75) is 52.0 Å². The predicted molar refractivity (Wildman–Crippen MR) is 184 cm³/mol. The van der Waals surface area contributed by atoms with Crippen LogP contribution in [0, 0.1) is 11.6 Å². The number of imidazole rings is 1. The quantitative estimate of drug-likeness (QED) is 0.123. The van der Waals surface area contributed by atoms with E-state index in [1.165, 1.54) is 36.5 Å². The van der Waals surface area contributed by atoms with Gasteiger partial charge >= 0.3 is 6.18 Å². The molecule has 51 heavy (non-hydrogen) atoms. The standard InChI is InChI=1S/C39H34F5N5O2/c1-2-47-23-31(46-25-47)18-20-48(22-26-8-10-27(11-9-26)28-12-15-30(16-13-28)39(42,43)44)36(51)24-49-32(17-14-29-5-3-7-34(40)37(29)41)21-35(50)33-6-4-19-45-38(33)49/h3-13,15-16,19,21,23,25H,2,14,17-18,20,22,24H2,1H3. The zero-order valence-corrected chi connectivity index (χ0v) is 27.7. The second kappa shape index (κ2) is 15.1. The van der Waals surface area contributed by atoms with E-state index in [0.717, 1.165) is 41.6 Å². The van der Waals surface area contributed by atoms with E-state index >= 15 is 0 Å². The first-order valence-corrected chi connectivity index (χ1v) is 16.5. The number of carbonyl (C=O) groups is 1. The number of nitrogens with zero attached hydrogens (tertiary/aromatic N) is 5. The molecule has 0 fully saturated rings. The van der Waals surface area contributed by atoms with Crippen LogP contribution < -0.4 is 5.43 Å².